The van der Waals surface area contributed by atoms with E-state index in [4.69, 9.17) is 38.7 Å². The Labute approximate surface area is 757 Å². The first-order valence-corrected chi connectivity index (χ1v) is 45.9. The summed E-state index contributed by atoms with van der Waals surface area (Å²) in [4.78, 5) is 33.4. The van der Waals surface area contributed by atoms with Crippen molar-refractivity contribution in [2.45, 2.75) is 38.5 Å². The predicted molar refractivity (Wildman–Crippen MR) is 539 cm³/mol. The molecule has 6 aromatic heterocycles. The monoisotopic (exact) mass is 1700 g/mol. The third-order valence-electron chi connectivity index (χ3n) is 27.2. The number of benzene rings is 18. The Hall–Kier alpha value is -16.0. The van der Waals surface area contributed by atoms with E-state index in [9.17, 15) is 0 Å². The van der Waals surface area contributed by atoms with Crippen LogP contribution in [-0.4, -0.2) is 29.9 Å². The number of fused-ring (bicyclic) bond motifs is 18. The minimum Gasteiger partial charge on any atom is -0.456 e. The lowest BCUT2D eigenvalue weighted by atomic mass is 9.81. The van der Waals surface area contributed by atoms with Crippen molar-refractivity contribution in [1.82, 2.24) is 29.9 Å². The van der Waals surface area contributed by atoms with E-state index in [2.05, 4.69) is 404 Å². The Kier molecular flexibility index (Phi) is 17.0. The van der Waals surface area contributed by atoms with Crippen molar-refractivity contribution >= 4 is 107 Å². The number of hydrogen-bond acceptors (Lipinski definition) is 10. The molecule has 10 heteroatoms. The molecule has 2 aliphatic carbocycles. The molecule has 0 saturated carbocycles. The van der Waals surface area contributed by atoms with Crippen LogP contribution in [0.4, 0.5) is 0 Å². The average Bonchev–Trinajstić information content (AvgIpc) is 1.57. The van der Waals surface area contributed by atoms with Gasteiger partial charge in [0.25, 0.3) is 0 Å². The summed E-state index contributed by atoms with van der Waals surface area (Å²) in [5, 5.41) is 8.92. The summed E-state index contributed by atoms with van der Waals surface area (Å²) >= 11 is 3.56. The van der Waals surface area contributed by atoms with Crippen molar-refractivity contribution in [3.8, 4) is 168 Å². The van der Waals surface area contributed by atoms with E-state index in [0.29, 0.717) is 34.9 Å². The van der Waals surface area contributed by atoms with Gasteiger partial charge in [-0.25, -0.2) is 29.9 Å². The van der Waals surface area contributed by atoms with Crippen LogP contribution in [0.25, 0.3) is 253 Å². The number of furan rings is 2. The smallest absolute Gasteiger partial charge is 0.165 e. The van der Waals surface area contributed by atoms with E-state index in [-0.39, 0.29) is 10.8 Å². The molecule has 0 unspecified atom stereocenters. The molecule has 18 aromatic carbocycles. The summed E-state index contributed by atoms with van der Waals surface area (Å²) < 4.78 is 18.3. The fourth-order valence-electron chi connectivity index (χ4n) is 20.7. The molecule has 610 valence electrons. The summed E-state index contributed by atoms with van der Waals surface area (Å²) in [6.07, 6.45) is 0. The Morgan fingerprint density at radius 2 is 0.538 bits per heavy atom. The average molecular weight is 1700 g/mol. The second-order valence-corrected chi connectivity index (χ2v) is 37.6. The van der Waals surface area contributed by atoms with Gasteiger partial charge in [0.1, 0.15) is 22.3 Å². The van der Waals surface area contributed by atoms with Crippen molar-refractivity contribution in [3.63, 3.8) is 0 Å². The van der Waals surface area contributed by atoms with Crippen LogP contribution >= 0.6 is 22.7 Å². The van der Waals surface area contributed by atoms with E-state index in [0.717, 1.165) is 165 Å². The zero-order valence-corrected chi connectivity index (χ0v) is 72.9. The van der Waals surface area contributed by atoms with Crippen molar-refractivity contribution < 1.29 is 8.83 Å². The topological polar surface area (TPSA) is 104 Å². The Morgan fingerprint density at radius 3 is 1.08 bits per heavy atom. The SMILES string of the molecule is CC1(C)c2ccccc2-c2ccc(-c3cc(-c4ccc5c(c4)C(C)(C)c4ccc(-c6cccc7c6oc6ccc(-c8cc(-c9ccc%10oc%11ccccc%11c%10c9)cc(-c9nc(-c%10ccccc%10-c%10ccccc%10)nc(-c%10cccc%11c%10sc%10ccccc%10%11)n9)c8)cc67)cc4-5)cc(-c4nc(-c5ccccc5-c5ccccc5)nc(-c5cccc6c5sc5ccccc56)n4)c3)cc21. The molecule has 6 heterocycles. The van der Waals surface area contributed by atoms with Gasteiger partial charge in [-0.15, -0.1) is 22.7 Å². The van der Waals surface area contributed by atoms with Crippen molar-refractivity contribution in [2.24, 2.45) is 0 Å². The van der Waals surface area contributed by atoms with Crippen LogP contribution in [0.2, 0.25) is 0 Å². The summed E-state index contributed by atoms with van der Waals surface area (Å²) in [5.74, 6) is 3.55. The molecule has 0 saturated heterocycles. The molecule has 0 aliphatic heterocycles. The zero-order chi connectivity index (χ0) is 86.2. The lowest BCUT2D eigenvalue weighted by molar-refractivity contribution is 0.660. The van der Waals surface area contributed by atoms with Crippen molar-refractivity contribution in [2.75, 3.05) is 0 Å². The first-order valence-electron chi connectivity index (χ1n) is 44.2. The number of para-hydroxylation sites is 2. The van der Waals surface area contributed by atoms with Crippen LogP contribution in [0.3, 0.4) is 0 Å². The number of nitrogens with zero attached hydrogens (tertiary/aromatic N) is 6. The van der Waals surface area contributed by atoms with Crippen LogP contribution < -0.4 is 0 Å². The van der Waals surface area contributed by atoms with E-state index in [1.54, 1.807) is 22.7 Å². The fraction of sp³-hybridized carbons (Fsp3) is 0.0500. The molecular formula is C120H76N6O2S2. The van der Waals surface area contributed by atoms with Crippen LogP contribution in [-0.2, 0) is 10.8 Å². The molecule has 2 aliphatic rings. The van der Waals surface area contributed by atoms with Gasteiger partial charge in [-0.3, -0.25) is 0 Å². The molecule has 24 aromatic rings. The van der Waals surface area contributed by atoms with E-state index >= 15 is 0 Å². The van der Waals surface area contributed by atoms with Crippen LogP contribution in [0.5, 0.6) is 0 Å². The normalized spacial score (nSPS) is 13.0. The van der Waals surface area contributed by atoms with Gasteiger partial charge in [-0.05, 0) is 226 Å². The van der Waals surface area contributed by atoms with Gasteiger partial charge in [0.2, 0.25) is 0 Å². The molecule has 0 fully saturated rings. The van der Waals surface area contributed by atoms with Gasteiger partial charge in [-0.2, -0.15) is 0 Å². The van der Waals surface area contributed by atoms with Crippen LogP contribution in [0, 0.1) is 0 Å². The van der Waals surface area contributed by atoms with Gasteiger partial charge in [0, 0.05) is 112 Å². The maximum atomic E-state index is 7.17. The molecule has 26 rings (SSSR count). The van der Waals surface area contributed by atoms with Crippen LogP contribution in [0.1, 0.15) is 49.9 Å². The standard InChI is InChI=1S/C120H76N6O2S2/c1-119(2)101-44-19-15-32-85(101)86-53-48-73(67-103(86)119)78-59-79(63-81(62-78)114-122-116(95-37-14-12-31-83(95)70-28-9-6-10-29-70)126-118(124-114)97-43-25-41-93-90-35-18-22-47-109(90)130-112(93)97)74-49-54-87-98-66-75(50-55-102(98)120(3,4)104(87)68-74)84-38-23-39-91-100-65-72(52-57-107(100)128-110(84)91)77-58-76(71-51-56-106-99(64-71)88-33-16-20-45-105(88)127-106)60-80(61-77)113-121-115(94-36-13-11-30-82(94)69-26-7-5-8-27-69)125-117(123-113)96-42-24-40-92-89-34-17-21-46-108(89)129-111(92)96/h5-68H,1-4H3. The van der Waals surface area contributed by atoms with E-state index < -0.39 is 0 Å². The van der Waals surface area contributed by atoms with Gasteiger partial charge >= 0.3 is 0 Å². The van der Waals surface area contributed by atoms with Crippen molar-refractivity contribution in [1.29, 1.82) is 0 Å². The number of aromatic nitrogens is 6. The predicted octanol–water partition coefficient (Wildman–Crippen LogP) is 32.9. The summed E-state index contributed by atoms with van der Waals surface area (Å²) in [6, 6.07) is 140. The highest BCUT2D eigenvalue weighted by atomic mass is 32.1. The minimum atomic E-state index is -0.368. The molecule has 0 radical (unpaired) electrons. The lowest BCUT2D eigenvalue weighted by Crippen LogP contribution is -2.15. The molecular weight excluding hydrogens is 1620 g/mol. The zero-order valence-electron chi connectivity index (χ0n) is 71.3. The minimum absolute atomic E-state index is 0.215. The molecule has 0 amide bonds. The quantitative estimate of drug-likeness (QED) is 0.112. The number of thiophene rings is 2. The molecule has 130 heavy (non-hydrogen) atoms. The second-order valence-electron chi connectivity index (χ2n) is 35.5. The molecule has 0 N–H and O–H groups in total. The van der Waals surface area contributed by atoms with Gasteiger partial charge in [0.05, 0.1) is 0 Å². The third-order valence-corrected chi connectivity index (χ3v) is 29.7. The fourth-order valence-corrected chi connectivity index (χ4v) is 23.1. The maximum absolute atomic E-state index is 7.17. The van der Waals surface area contributed by atoms with Gasteiger partial charge < -0.3 is 8.83 Å². The van der Waals surface area contributed by atoms with Gasteiger partial charge in [0.15, 0.2) is 34.9 Å². The maximum Gasteiger partial charge on any atom is 0.165 e. The molecule has 0 atom stereocenters. The highest BCUT2D eigenvalue weighted by Gasteiger charge is 2.38. The molecule has 0 spiro atoms. The first-order chi connectivity index (χ1) is 63.9. The van der Waals surface area contributed by atoms with Gasteiger partial charge in [-0.1, -0.05) is 307 Å². The highest BCUT2D eigenvalue weighted by molar-refractivity contribution is 7.26. The van der Waals surface area contributed by atoms with E-state index in [1.807, 2.05) is 12.1 Å². The summed E-state index contributed by atoms with van der Waals surface area (Å²) in [6.45, 7) is 9.47. The van der Waals surface area contributed by atoms with Crippen LogP contribution in [0.15, 0.2) is 397 Å². The molecule has 8 nitrogen and oxygen atoms in total. The Morgan fingerprint density at radius 1 is 0.185 bits per heavy atom. The molecule has 0 bridgehead atoms. The van der Waals surface area contributed by atoms with E-state index in [1.165, 1.54) is 75.5 Å². The highest BCUT2D eigenvalue weighted by Crippen LogP contribution is 2.55. The number of rotatable bonds is 13. The third kappa shape index (κ3) is 12.2. The lowest BCUT2D eigenvalue weighted by Gasteiger charge is -2.23. The summed E-state index contributed by atoms with van der Waals surface area (Å²) in [7, 11) is 0. The second kappa shape index (κ2) is 29.3. The number of hydrogen-bond donors (Lipinski definition) is 0. The Balaban J connectivity index is 0.601. The largest absolute Gasteiger partial charge is 0.456 e. The van der Waals surface area contributed by atoms with Crippen molar-refractivity contribution in [3.05, 3.63) is 411 Å². The summed E-state index contributed by atoms with van der Waals surface area (Å²) in [5.41, 5.74) is 33.1. The first kappa shape index (κ1) is 75.4. The Bertz CT molecular complexity index is 8900.